The number of ether oxygens (including phenoxy) is 1. The first kappa shape index (κ1) is 21.7. The summed E-state index contributed by atoms with van der Waals surface area (Å²) in [7, 11) is 0. The number of hydrogen-bond acceptors (Lipinski definition) is 4. The van der Waals surface area contributed by atoms with Crippen molar-refractivity contribution in [2.45, 2.75) is 33.1 Å². The van der Waals surface area contributed by atoms with Crippen LogP contribution in [0.1, 0.15) is 53.0 Å². The Hall–Kier alpha value is -3.02. The molecule has 0 bridgehead atoms. The van der Waals surface area contributed by atoms with Crippen molar-refractivity contribution in [2.24, 2.45) is 5.41 Å². The van der Waals surface area contributed by atoms with Gasteiger partial charge in [-0.25, -0.2) is 4.39 Å². The minimum absolute atomic E-state index is 0.0624. The molecule has 1 aliphatic heterocycles. The van der Waals surface area contributed by atoms with Crippen LogP contribution >= 0.6 is 0 Å². The van der Waals surface area contributed by atoms with Crippen LogP contribution in [-0.4, -0.2) is 42.3 Å². The Bertz CT molecular complexity index is 923. The van der Waals surface area contributed by atoms with Crippen molar-refractivity contribution in [1.29, 1.82) is 0 Å². The molecule has 3 rings (SSSR count). The molecule has 0 aromatic heterocycles. The fraction of sp³-hybridized carbons (Fsp3) is 0.375. The van der Waals surface area contributed by atoms with Crippen molar-refractivity contribution in [3.05, 3.63) is 71.0 Å². The molecule has 1 aliphatic rings. The lowest BCUT2D eigenvalue weighted by Crippen LogP contribution is -2.51. The number of hydrogen-bond donors (Lipinski definition) is 0. The highest BCUT2D eigenvalue weighted by Crippen LogP contribution is 2.36. The number of benzene rings is 2. The van der Waals surface area contributed by atoms with Gasteiger partial charge in [-0.2, -0.15) is 0 Å². The Kier molecular flexibility index (Phi) is 6.65. The van der Waals surface area contributed by atoms with E-state index in [4.69, 9.17) is 4.74 Å². The van der Waals surface area contributed by atoms with Crippen LogP contribution in [0.25, 0.3) is 0 Å². The molecule has 1 saturated heterocycles. The van der Waals surface area contributed by atoms with Crippen molar-refractivity contribution in [2.75, 3.05) is 19.7 Å². The maximum atomic E-state index is 13.3. The van der Waals surface area contributed by atoms with Gasteiger partial charge in [0.05, 0.1) is 12.0 Å². The molecule has 158 valence electrons. The van der Waals surface area contributed by atoms with Crippen LogP contribution in [0, 0.1) is 11.2 Å². The van der Waals surface area contributed by atoms with Crippen molar-refractivity contribution in [3.63, 3.8) is 0 Å². The SMILES string of the molecule is CCOC(=O)C1(Cc2ccc(F)cc2)CCCN(C(=O)c2ccc(C(C)=O)cc2)C1. The molecule has 1 amide bonds. The van der Waals surface area contributed by atoms with Crippen LogP contribution in [0.3, 0.4) is 0 Å². The predicted octanol–water partition coefficient (Wildman–Crippen LogP) is 4.06. The Morgan fingerprint density at radius 3 is 2.27 bits per heavy atom. The average molecular weight is 411 g/mol. The number of piperidine rings is 1. The molecule has 1 fully saturated rings. The molecule has 0 radical (unpaired) electrons. The highest BCUT2D eigenvalue weighted by molar-refractivity contribution is 5.98. The van der Waals surface area contributed by atoms with Crippen LogP contribution in [0.15, 0.2) is 48.5 Å². The number of amides is 1. The van der Waals surface area contributed by atoms with E-state index in [1.54, 1.807) is 48.2 Å². The fourth-order valence-corrected chi connectivity index (χ4v) is 4.00. The van der Waals surface area contributed by atoms with Gasteiger partial charge in [-0.3, -0.25) is 14.4 Å². The third kappa shape index (κ3) is 4.75. The van der Waals surface area contributed by atoms with Gasteiger partial charge in [0.1, 0.15) is 5.82 Å². The smallest absolute Gasteiger partial charge is 0.314 e. The first-order valence-corrected chi connectivity index (χ1v) is 10.2. The minimum Gasteiger partial charge on any atom is -0.466 e. The predicted molar refractivity (Wildman–Crippen MR) is 111 cm³/mol. The maximum Gasteiger partial charge on any atom is 0.314 e. The molecule has 0 spiro atoms. The number of nitrogens with zero attached hydrogens (tertiary/aromatic N) is 1. The molecule has 6 heteroatoms. The minimum atomic E-state index is -0.874. The summed E-state index contributed by atoms with van der Waals surface area (Å²) in [6, 6.07) is 12.6. The van der Waals surface area contributed by atoms with E-state index < -0.39 is 5.41 Å². The molecule has 2 aromatic carbocycles. The number of carbonyl (C=O) groups is 3. The van der Waals surface area contributed by atoms with Gasteiger partial charge in [0.2, 0.25) is 0 Å². The lowest BCUT2D eigenvalue weighted by Gasteiger charge is -2.41. The quantitative estimate of drug-likeness (QED) is 0.531. The van der Waals surface area contributed by atoms with E-state index in [-0.39, 0.29) is 36.6 Å². The highest BCUT2D eigenvalue weighted by atomic mass is 19.1. The lowest BCUT2D eigenvalue weighted by atomic mass is 9.75. The Morgan fingerprint density at radius 1 is 1.03 bits per heavy atom. The van der Waals surface area contributed by atoms with Gasteiger partial charge in [0.25, 0.3) is 5.91 Å². The number of likely N-dealkylation sites (tertiary alicyclic amines) is 1. The van der Waals surface area contributed by atoms with E-state index in [0.717, 1.165) is 5.56 Å². The zero-order chi connectivity index (χ0) is 21.7. The van der Waals surface area contributed by atoms with Gasteiger partial charge >= 0.3 is 5.97 Å². The summed E-state index contributed by atoms with van der Waals surface area (Å²) in [6.07, 6.45) is 1.63. The van der Waals surface area contributed by atoms with Gasteiger partial charge in [0, 0.05) is 24.2 Å². The molecule has 0 saturated carbocycles. The summed E-state index contributed by atoms with van der Waals surface area (Å²) in [5.74, 6) is -0.915. The van der Waals surface area contributed by atoms with Crippen molar-refractivity contribution >= 4 is 17.7 Å². The largest absolute Gasteiger partial charge is 0.466 e. The second-order valence-corrected chi connectivity index (χ2v) is 7.77. The Balaban J connectivity index is 1.85. The van der Waals surface area contributed by atoms with E-state index in [1.807, 2.05) is 0 Å². The maximum absolute atomic E-state index is 13.3. The topological polar surface area (TPSA) is 63.7 Å². The monoisotopic (exact) mass is 411 g/mol. The first-order valence-electron chi connectivity index (χ1n) is 10.2. The summed E-state index contributed by atoms with van der Waals surface area (Å²) >= 11 is 0. The molecular weight excluding hydrogens is 385 g/mol. The van der Waals surface area contributed by atoms with Crippen LogP contribution in [0.2, 0.25) is 0 Å². The number of ketones is 1. The summed E-state index contributed by atoms with van der Waals surface area (Å²) in [4.78, 5) is 39.2. The molecule has 2 aromatic rings. The van der Waals surface area contributed by atoms with Gasteiger partial charge in [-0.1, -0.05) is 24.3 Å². The number of halogens is 1. The average Bonchev–Trinajstić information content (AvgIpc) is 2.75. The Labute approximate surface area is 175 Å². The standard InChI is InChI=1S/C24H26FNO4/c1-3-30-23(29)24(15-18-5-11-21(25)12-6-18)13-4-14-26(16-24)22(28)20-9-7-19(8-10-20)17(2)27/h5-12H,3-4,13-16H2,1-2H3. The number of esters is 1. The molecule has 30 heavy (non-hydrogen) atoms. The highest BCUT2D eigenvalue weighted by Gasteiger charge is 2.44. The van der Waals surface area contributed by atoms with Crippen LogP contribution in [0.4, 0.5) is 4.39 Å². The van der Waals surface area contributed by atoms with Crippen LogP contribution in [0.5, 0.6) is 0 Å². The second kappa shape index (κ2) is 9.20. The van der Waals surface area contributed by atoms with Gasteiger partial charge in [-0.15, -0.1) is 0 Å². The van der Waals surface area contributed by atoms with Crippen LogP contribution in [-0.2, 0) is 16.0 Å². The van der Waals surface area contributed by atoms with Crippen LogP contribution < -0.4 is 0 Å². The number of carbonyl (C=O) groups excluding carboxylic acids is 3. The van der Waals surface area contributed by atoms with E-state index >= 15 is 0 Å². The molecule has 1 heterocycles. The third-order valence-electron chi connectivity index (χ3n) is 5.57. The molecule has 1 unspecified atom stereocenters. The van der Waals surface area contributed by atoms with Crippen molar-refractivity contribution in [3.8, 4) is 0 Å². The summed E-state index contributed by atoms with van der Waals surface area (Å²) in [6.45, 7) is 4.26. The number of rotatable bonds is 6. The van der Waals surface area contributed by atoms with E-state index in [9.17, 15) is 18.8 Å². The van der Waals surface area contributed by atoms with Gasteiger partial charge in [-0.05, 0) is 62.9 Å². The normalized spacial score (nSPS) is 18.7. The first-order chi connectivity index (χ1) is 14.3. The number of Topliss-reactive ketones (excluding diaryl/α,β-unsaturated/α-hetero) is 1. The van der Waals surface area contributed by atoms with Gasteiger partial charge < -0.3 is 9.64 Å². The van der Waals surface area contributed by atoms with Gasteiger partial charge in [0.15, 0.2) is 5.78 Å². The third-order valence-corrected chi connectivity index (χ3v) is 5.57. The zero-order valence-corrected chi connectivity index (χ0v) is 17.3. The molecular formula is C24H26FNO4. The lowest BCUT2D eigenvalue weighted by molar-refractivity contribution is -0.158. The second-order valence-electron chi connectivity index (χ2n) is 7.77. The van der Waals surface area contributed by atoms with Crippen molar-refractivity contribution < 1.29 is 23.5 Å². The van der Waals surface area contributed by atoms with E-state index in [0.29, 0.717) is 36.9 Å². The fourth-order valence-electron chi connectivity index (χ4n) is 4.00. The van der Waals surface area contributed by atoms with E-state index in [1.165, 1.54) is 19.1 Å². The molecule has 0 aliphatic carbocycles. The molecule has 0 N–H and O–H groups in total. The van der Waals surface area contributed by atoms with Crippen molar-refractivity contribution in [1.82, 2.24) is 4.90 Å². The summed E-state index contributed by atoms with van der Waals surface area (Å²) in [5.41, 5.74) is 0.967. The zero-order valence-electron chi connectivity index (χ0n) is 17.3. The molecule has 1 atom stereocenters. The summed E-state index contributed by atoms with van der Waals surface area (Å²) in [5, 5.41) is 0. The summed E-state index contributed by atoms with van der Waals surface area (Å²) < 4.78 is 18.7. The Morgan fingerprint density at radius 2 is 1.67 bits per heavy atom. The van der Waals surface area contributed by atoms with E-state index in [2.05, 4.69) is 0 Å². The molecule has 5 nitrogen and oxygen atoms in total.